The van der Waals surface area contributed by atoms with E-state index in [4.69, 9.17) is 5.21 Å². The van der Waals surface area contributed by atoms with Crippen LogP contribution in [0.5, 0.6) is 0 Å². The molecule has 0 unspecified atom stereocenters. The van der Waals surface area contributed by atoms with E-state index in [2.05, 4.69) is 11.2 Å². The van der Waals surface area contributed by atoms with Crippen LogP contribution in [0.1, 0.15) is 16.7 Å². The Kier molecular flexibility index (Phi) is 3.36. The Balaban J connectivity index is 2.28. The molecule has 3 heteroatoms. The molecule has 0 bridgehead atoms. The number of benzene rings is 2. The topological polar surface area (TPSA) is 56.4 Å². The summed E-state index contributed by atoms with van der Waals surface area (Å²) in [4.78, 5) is 0. The van der Waals surface area contributed by atoms with Gasteiger partial charge in [-0.25, -0.2) is 0 Å². The monoisotopic (exact) mass is 272 g/mol. The minimum Gasteiger partial charge on any atom is -0.410 e. The van der Waals surface area contributed by atoms with Crippen LogP contribution >= 0.6 is 0 Å². The highest BCUT2D eigenvalue weighted by Gasteiger charge is 2.18. The summed E-state index contributed by atoms with van der Waals surface area (Å²) >= 11 is 0. The molecule has 3 rings (SSSR count). The van der Waals surface area contributed by atoms with Crippen molar-refractivity contribution in [2.75, 3.05) is 0 Å². The van der Waals surface area contributed by atoms with Gasteiger partial charge in [0.15, 0.2) is 0 Å². The second-order valence-corrected chi connectivity index (χ2v) is 4.63. The molecule has 2 aromatic rings. The summed E-state index contributed by atoms with van der Waals surface area (Å²) in [6.45, 7) is 0. The number of allylic oxidation sites excluding steroid dienone is 4. The summed E-state index contributed by atoms with van der Waals surface area (Å²) in [6, 6.07) is 19.5. The molecule has 0 aliphatic heterocycles. The first kappa shape index (κ1) is 12.9. The van der Waals surface area contributed by atoms with Crippen LogP contribution < -0.4 is 0 Å². The lowest BCUT2D eigenvalue weighted by atomic mass is 9.87. The van der Waals surface area contributed by atoms with Gasteiger partial charge in [0.2, 0.25) is 0 Å². The van der Waals surface area contributed by atoms with Crippen molar-refractivity contribution < 1.29 is 5.21 Å². The average molecular weight is 272 g/mol. The highest BCUT2D eigenvalue weighted by molar-refractivity contribution is 6.18. The van der Waals surface area contributed by atoms with Crippen molar-refractivity contribution in [1.82, 2.24) is 0 Å². The van der Waals surface area contributed by atoms with Crippen molar-refractivity contribution >= 4 is 16.9 Å². The number of fused-ring (bicyclic) bond motifs is 1. The Hall–Kier alpha value is -3.12. The smallest absolute Gasteiger partial charge is 0.110 e. The molecule has 2 aromatic carbocycles. The number of hydrogen-bond acceptors (Lipinski definition) is 3. The summed E-state index contributed by atoms with van der Waals surface area (Å²) < 4.78 is 0. The molecule has 0 saturated heterocycles. The molecule has 0 heterocycles. The summed E-state index contributed by atoms with van der Waals surface area (Å²) in [5, 5.41) is 22.0. The SMILES string of the molecule is N#C/C(=C1C=C/C(=N/O)c2ccccc2/1)c1ccccc1. The number of oxime groups is 1. The maximum atomic E-state index is 9.56. The van der Waals surface area contributed by atoms with Crippen molar-refractivity contribution in [1.29, 1.82) is 5.26 Å². The third-order valence-electron chi connectivity index (χ3n) is 3.45. The molecule has 0 saturated carbocycles. The van der Waals surface area contributed by atoms with Gasteiger partial charge < -0.3 is 5.21 Å². The largest absolute Gasteiger partial charge is 0.410 e. The average Bonchev–Trinajstić information content (AvgIpc) is 2.56. The maximum absolute atomic E-state index is 9.56. The van der Waals surface area contributed by atoms with Gasteiger partial charge in [-0.1, -0.05) is 65.8 Å². The summed E-state index contributed by atoms with van der Waals surface area (Å²) in [6.07, 6.45) is 3.54. The van der Waals surface area contributed by atoms with E-state index in [0.717, 1.165) is 22.3 Å². The third-order valence-corrected chi connectivity index (χ3v) is 3.45. The maximum Gasteiger partial charge on any atom is 0.110 e. The highest BCUT2D eigenvalue weighted by atomic mass is 16.4. The van der Waals surface area contributed by atoms with Gasteiger partial charge >= 0.3 is 0 Å². The lowest BCUT2D eigenvalue weighted by Crippen LogP contribution is -2.07. The zero-order valence-corrected chi connectivity index (χ0v) is 11.2. The van der Waals surface area contributed by atoms with Gasteiger partial charge in [0.05, 0.1) is 5.57 Å². The van der Waals surface area contributed by atoms with Crippen LogP contribution in [0.3, 0.4) is 0 Å². The lowest BCUT2D eigenvalue weighted by molar-refractivity contribution is 0.320. The van der Waals surface area contributed by atoms with Crippen LogP contribution in [0.2, 0.25) is 0 Å². The fourth-order valence-electron chi connectivity index (χ4n) is 2.47. The molecule has 1 aliphatic carbocycles. The third kappa shape index (κ3) is 2.24. The Morgan fingerprint density at radius 1 is 0.905 bits per heavy atom. The number of hydrogen-bond donors (Lipinski definition) is 1. The molecule has 21 heavy (non-hydrogen) atoms. The van der Waals surface area contributed by atoms with E-state index in [1.807, 2.05) is 60.7 Å². The van der Waals surface area contributed by atoms with E-state index in [9.17, 15) is 5.26 Å². The number of rotatable bonds is 1. The van der Waals surface area contributed by atoms with Crippen LogP contribution in [0, 0.1) is 11.3 Å². The van der Waals surface area contributed by atoms with Crippen LogP contribution in [-0.2, 0) is 0 Å². The Labute approximate surface area is 122 Å². The first-order valence-electron chi connectivity index (χ1n) is 6.55. The zero-order chi connectivity index (χ0) is 14.7. The fourth-order valence-corrected chi connectivity index (χ4v) is 2.47. The molecular weight excluding hydrogens is 260 g/mol. The molecule has 1 N–H and O–H groups in total. The van der Waals surface area contributed by atoms with Crippen molar-refractivity contribution in [3.63, 3.8) is 0 Å². The number of nitriles is 1. The van der Waals surface area contributed by atoms with Crippen molar-refractivity contribution in [3.8, 4) is 6.07 Å². The molecular formula is C18H12N2O. The molecule has 0 fully saturated rings. The zero-order valence-electron chi connectivity index (χ0n) is 11.2. The summed E-state index contributed by atoms with van der Waals surface area (Å²) in [7, 11) is 0. The van der Waals surface area contributed by atoms with Crippen LogP contribution in [0.15, 0.2) is 71.9 Å². The molecule has 100 valence electrons. The van der Waals surface area contributed by atoms with Crippen molar-refractivity contribution in [3.05, 3.63) is 83.4 Å². The minimum absolute atomic E-state index is 0.500. The first-order chi connectivity index (χ1) is 10.3. The quantitative estimate of drug-likeness (QED) is 0.486. The molecule has 0 spiro atoms. The first-order valence-corrected chi connectivity index (χ1v) is 6.55. The van der Waals surface area contributed by atoms with Gasteiger partial charge in [-0.15, -0.1) is 0 Å². The van der Waals surface area contributed by atoms with Gasteiger partial charge in [-0.3, -0.25) is 0 Å². The van der Waals surface area contributed by atoms with Crippen molar-refractivity contribution in [2.45, 2.75) is 0 Å². The Morgan fingerprint density at radius 2 is 1.57 bits per heavy atom. The standard InChI is InChI=1S/C18H12N2O/c19-12-17(13-6-2-1-3-7-13)15-10-11-18(20-21)16-9-5-4-8-14(15)16/h1-11,21H/b17-15+,20-18-. The van der Waals surface area contributed by atoms with Gasteiger partial charge in [0.25, 0.3) is 0 Å². The van der Waals surface area contributed by atoms with Crippen LogP contribution in [-0.4, -0.2) is 10.9 Å². The van der Waals surface area contributed by atoms with E-state index in [1.54, 1.807) is 6.08 Å². The molecule has 0 aromatic heterocycles. The van der Waals surface area contributed by atoms with Crippen molar-refractivity contribution in [2.24, 2.45) is 5.16 Å². The van der Waals surface area contributed by atoms with Crippen LogP contribution in [0.4, 0.5) is 0 Å². The predicted octanol–water partition coefficient (Wildman–Crippen LogP) is 3.87. The van der Waals surface area contributed by atoms with E-state index in [1.165, 1.54) is 0 Å². The van der Waals surface area contributed by atoms with E-state index >= 15 is 0 Å². The number of nitrogens with zero attached hydrogens (tertiary/aromatic N) is 2. The molecule has 3 nitrogen and oxygen atoms in total. The molecule has 0 radical (unpaired) electrons. The van der Waals surface area contributed by atoms with Gasteiger partial charge in [-0.05, 0) is 17.2 Å². The van der Waals surface area contributed by atoms with Gasteiger partial charge in [0.1, 0.15) is 11.8 Å². The molecule has 0 amide bonds. The Morgan fingerprint density at radius 3 is 2.24 bits per heavy atom. The summed E-state index contributed by atoms with van der Waals surface area (Å²) in [5.74, 6) is 0. The second kappa shape index (κ2) is 5.48. The van der Waals surface area contributed by atoms with Gasteiger partial charge in [-0.2, -0.15) is 5.26 Å². The predicted molar refractivity (Wildman–Crippen MR) is 82.8 cm³/mol. The highest BCUT2D eigenvalue weighted by Crippen LogP contribution is 2.32. The van der Waals surface area contributed by atoms with Crippen LogP contribution in [0.25, 0.3) is 11.1 Å². The Bertz CT molecular complexity index is 809. The minimum atomic E-state index is 0.500. The fraction of sp³-hybridized carbons (Fsp3) is 0. The second-order valence-electron chi connectivity index (χ2n) is 4.63. The van der Waals surface area contributed by atoms with E-state index < -0.39 is 0 Å². The molecule has 0 atom stereocenters. The van der Waals surface area contributed by atoms with E-state index in [0.29, 0.717) is 11.3 Å². The lowest BCUT2D eigenvalue weighted by Gasteiger charge is -2.16. The van der Waals surface area contributed by atoms with Gasteiger partial charge in [0, 0.05) is 11.1 Å². The molecule has 1 aliphatic rings. The van der Waals surface area contributed by atoms with E-state index in [-0.39, 0.29) is 0 Å². The normalized spacial score (nSPS) is 17.2. The summed E-state index contributed by atoms with van der Waals surface area (Å²) in [5.41, 5.74) is 4.54.